The lowest BCUT2D eigenvalue weighted by atomic mass is 9.91. The number of fused-ring (bicyclic) bond motifs is 1. The highest BCUT2D eigenvalue weighted by molar-refractivity contribution is 4.89. The quantitative estimate of drug-likeness (QED) is 0.811. The van der Waals surface area contributed by atoms with Crippen LogP contribution in [0.4, 0.5) is 0 Å². The average Bonchev–Trinajstić information content (AvgIpc) is 2.28. The lowest BCUT2D eigenvalue weighted by molar-refractivity contribution is -0.0425. The number of rotatable bonds is 3. The lowest BCUT2D eigenvalue weighted by Crippen LogP contribution is -2.57. The normalized spacial score (nSPS) is 31.2. The summed E-state index contributed by atoms with van der Waals surface area (Å²) in [5.41, 5.74) is -0.545. The summed E-state index contributed by atoms with van der Waals surface area (Å²) < 4.78 is 0. The summed E-state index contributed by atoms with van der Waals surface area (Å²) in [5, 5.41) is 10.4. The number of aliphatic hydroxyl groups is 1. The van der Waals surface area contributed by atoms with E-state index < -0.39 is 5.60 Å². The molecule has 2 unspecified atom stereocenters. The average molecular weight is 240 g/mol. The smallest absolute Gasteiger partial charge is 0.0768 e. The minimum Gasteiger partial charge on any atom is -0.389 e. The Morgan fingerprint density at radius 3 is 2.71 bits per heavy atom. The number of piperazine rings is 1. The third kappa shape index (κ3) is 3.21. The highest BCUT2D eigenvalue weighted by atomic mass is 16.3. The third-order valence-corrected chi connectivity index (χ3v) is 4.71. The molecule has 2 atom stereocenters. The van der Waals surface area contributed by atoms with Crippen LogP contribution < -0.4 is 0 Å². The van der Waals surface area contributed by atoms with Gasteiger partial charge in [0.25, 0.3) is 0 Å². The van der Waals surface area contributed by atoms with E-state index in [1.54, 1.807) is 0 Å². The zero-order chi connectivity index (χ0) is 12.5. The van der Waals surface area contributed by atoms with Crippen molar-refractivity contribution in [1.29, 1.82) is 0 Å². The molecule has 2 fully saturated rings. The number of hydrogen-bond acceptors (Lipinski definition) is 3. The fourth-order valence-electron chi connectivity index (χ4n) is 3.00. The molecule has 2 aliphatic rings. The van der Waals surface area contributed by atoms with Crippen LogP contribution in [0.15, 0.2) is 0 Å². The topological polar surface area (TPSA) is 26.7 Å². The van der Waals surface area contributed by atoms with Crippen molar-refractivity contribution in [3.8, 4) is 0 Å². The summed E-state index contributed by atoms with van der Waals surface area (Å²) in [5.74, 6) is 0.326. The van der Waals surface area contributed by atoms with E-state index in [4.69, 9.17) is 0 Å². The number of β-amino-alcohol motifs (C(OH)–C–C–N with tert-alkyl or cyclic N) is 1. The Balaban J connectivity index is 1.87. The second-order valence-corrected chi connectivity index (χ2v) is 6.43. The SMILES string of the molecule is CC(C)C(C)(O)CN1CCN2CCCCC2C1. The first-order valence-electron chi connectivity index (χ1n) is 7.18. The van der Waals surface area contributed by atoms with Gasteiger partial charge < -0.3 is 5.11 Å². The Hall–Kier alpha value is -0.120. The van der Waals surface area contributed by atoms with Crippen LogP contribution in [0, 0.1) is 5.92 Å². The van der Waals surface area contributed by atoms with Gasteiger partial charge >= 0.3 is 0 Å². The molecule has 0 radical (unpaired) electrons. The molecular weight excluding hydrogens is 212 g/mol. The maximum absolute atomic E-state index is 10.4. The maximum atomic E-state index is 10.4. The van der Waals surface area contributed by atoms with Crippen molar-refractivity contribution >= 4 is 0 Å². The molecule has 3 nitrogen and oxygen atoms in total. The molecule has 0 saturated carbocycles. The van der Waals surface area contributed by atoms with Crippen molar-refractivity contribution in [3.05, 3.63) is 0 Å². The van der Waals surface area contributed by atoms with E-state index in [-0.39, 0.29) is 0 Å². The van der Waals surface area contributed by atoms with Gasteiger partial charge in [0.05, 0.1) is 5.60 Å². The fraction of sp³-hybridized carbons (Fsp3) is 1.00. The molecule has 3 heteroatoms. The van der Waals surface area contributed by atoms with Gasteiger partial charge in [-0.05, 0) is 32.2 Å². The highest BCUT2D eigenvalue weighted by Crippen LogP contribution is 2.24. The van der Waals surface area contributed by atoms with Gasteiger partial charge in [-0.15, -0.1) is 0 Å². The van der Waals surface area contributed by atoms with Crippen LogP contribution in [0.3, 0.4) is 0 Å². The van der Waals surface area contributed by atoms with Crippen molar-refractivity contribution in [3.63, 3.8) is 0 Å². The number of piperidine rings is 1. The van der Waals surface area contributed by atoms with Crippen molar-refractivity contribution in [1.82, 2.24) is 9.80 Å². The Kier molecular flexibility index (Phi) is 4.11. The van der Waals surface area contributed by atoms with Gasteiger partial charge in [-0.1, -0.05) is 20.3 Å². The summed E-state index contributed by atoms with van der Waals surface area (Å²) in [4.78, 5) is 5.11. The molecule has 0 aliphatic carbocycles. The summed E-state index contributed by atoms with van der Waals surface area (Å²) >= 11 is 0. The van der Waals surface area contributed by atoms with E-state index in [1.807, 2.05) is 6.92 Å². The van der Waals surface area contributed by atoms with Gasteiger partial charge in [0.15, 0.2) is 0 Å². The van der Waals surface area contributed by atoms with Crippen molar-refractivity contribution in [2.75, 3.05) is 32.7 Å². The largest absolute Gasteiger partial charge is 0.389 e. The molecule has 1 N–H and O–H groups in total. The van der Waals surface area contributed by atoms with Crippen LogP contribution in [-0.4, -0.2) is 59.3 Å². The Morgan fingerprint density at radius 2 is 2.00 bits per heavy atom. The lowest BCUT2D eigenvalue weighted by Gasteiger charge is -2.46. The summed E-state index contributed by atoms with van der Waals surface area (Å²) in [6.07, 6.45) is 4.11. The second-order valence-electron chi connectivity index (χ2n) is 6.43. The number of hydrogen-bond donors (Lipinski definition) is 1. The first kappa shape index (κ1) is 13.3. The molecule has 2 rings (SSSR count). The molecule has 2 heterocycles. The minimum absolute atomic E-state index is 0.326. The van der Waals surface area contributed by atoms with Crippen LogP contribution >= 0.6 is 0 Å². The Bertz CT molecular complexity index is 253. The molecule has 0 aromatic rings. The molecular formula is C14H28N2O. The van der Waals surface area contributed by atoms with Gasteiger partial charge in [-0.2, -0.15) is 0 Å². The molecule has 2 aliphatic heterocycles. The summed E-state index contributed by atoms with van der Waals surface area (Å²) in [6, 6.07) is 0.750. The van der Waals surface area contributed by atoms with E-state index in [0.29, 0.717) is 5.92 Å². The van der Waals surface area contributed by atoms with E-state index in [1.165, 1.54) is 32.4 Å². The molecule has 0 bridgehead atoms. The molecule has 17 heavy (non-hydrogen) atoms. The van der Waals surface area contributed by atoms with E-state index >= 15 is 0 Å². The molecule has 100 valence electrons. The molecule has 0 amide bonds. The first-order chi connectivity index (χ1) is 7.99. The predicted octanol–water partition coefficient (Wildman–Crippen LogP) is 1.56. The monoisotopic (exact) mass is 240 g/mol. The molecule has 2 saturated heterocycles. The predicted molar refractivity (Wildman–Crippen MR) is 71.1 cm³/mol. The zero-order valence-corrected chi connectivity index (χ0v) is 11.7. The highest BCUT2D eigenvalue weighted by Gasteiger charge is 2.33. The molecule has 0 aromatic carbocycles. The minimum atomic E-state index is -0.545. The van der Waals surface area contributed by atoms with Crippen LogP contribution in [0.25, 0.3) is 0 Å². The zero-order valence-electron chi connectivity index (χ0n) is 11.7. The van der Waals surface area contributed by atoms with Crippen molar-refractivity contribution < 1.29 is 5.11 Å². The van der Waals surface area contributed by atoms with E-state index in [9.17, 15) is 5.11 Å². The Labute approximate surface area is 106 Å². The van der Waals surface area contributed by atoms with Gasteiger partial charge in [-0.3, -0.25) is 9.80 Å². The third-order valence-electron chi connectivity index (χ3n) is 4.71. The van der Waals surface area contributed by atoms with Gasteiger partial charge in [0, 0.05) is 32.2 Å². The van der Waals surface area contributed by atoms with Crippen LogP contribution in [-0.2, 0) is 0 Å². The summed E-state index contributed by atoms with van der Waals surface area (Å²) in [7, 11) is 0. The van der Waals surface area contributed by atoms with Crippen molar-refractivity contribution in [2.45, 2.75) is 51.7 Å². The number of nitrogens with zero attached hydrogens (tertiary/aromatic N) is 2. The van der Waals surface area contributed by atoms with Gasteiger partial charge in [0.1, 0.15) is 0 Å². The van der Waals surface area contributed by atoms with E-state index in [2.05, 4.69) is 23.6 Å². The molecule has 0 spiro atoms. The van der Waals surface area contributed by atoms with Crippen LogP contribution in [0.1, 0.15) is 40.0 Å². The standard InChI is InChI=1S/C14H28N2O/c1-12(2)14(3,17)11-15-8-9-16-7-5-4-6-13(16)10-15/h12-13,17H,4-11H2,1-3H3. The van der Waals surface area contributed by atoms with E-state index in [0.717, 1.165) is 25.7 Å². The van der Waals surface area contributed by atoms with Crippen LogP contribution in [0.5, 0.6) is 0 Å². The van der Waals surface area contributed by atoms with Gasteiger partial charge in [-0.25, -0.2) is 0 Å². The molecule has 0 aromatic heterocycles. The fourth-order valence-corrected chi connectivity index (χ4v) is 3.00. The second kappa shape index (κ2) is 5.25. The first-order valence-corrected chi connectivity index (χ1v) is 7.18. The van der Waals surface area contributed by atoms with Gasteiger partial charge in [0.2, 0.25) is 0 Å². The Morgan fingerprint density at radius 1 is 1.24 bits per heavy atom. The summed E-state index contributed by atoms with van der Waals surface area (Å²) in [6.45, 7) is 11.8. The van der Waals surface area contributed by atoms with Crippen molar-refractivity contribution in [2.24, 2.45) is 5.92 Å². The van der Waals surface area contributed by atoms with Crippen LogP contribution in [0.2, 0.25) is 0 Å². The maximum Gasteiger partial charge on any atom is 0.0768 e.